The van der Waals surface area contributed by atoms with E-state index in [0.717, 1.165) is 37.0 Å². The standard InChI is InChI=1S/C24H34N4O/c1-3-4-5-22-25-14-19(26-22)15-28-16-21(17-6-8-20(29-2)9-7-17)24-23(28)18-10-12-27(24)13-11-18/h6-9,14,18,21,23-24H,3-5,10-13,15-16H2,1-2H3,(H,25,26)/t21-,23+,24+/m1/s1. The minimum absolute atomic E-state index is 0.580. The summed E-state index contributed by atoms with van der Waals surface area (Å²) in [5.74, 6) is 3.52. The van der Waals surface area contributed by atoms with Gasteiger partial charge in [0.1, 0.15) is 11.6 Å². The number of hydrogen-bond donors (Lipinski definition) is 1. The van der Waals surface area contributed by atoms with Crippen LogP contribution in [0.4, 0.5) is 0 Å². The summed E-state index contributed by atoms with van der Waals surface area (Å²) >= 11 is 0. The van der Waals surface area contributed by atoms with Crippen LogP contribution in [0.15, 0.2) is 30.5 Å². The lowest BCUT2D eigenvalue weighted by Crippen LogP contribution is -2.60. The van der Waals surface area contributed by atoms with Crippen LogP contribution in [-0.2, 0) is 13.0 Å². The molecule has 5 heteroatoms. The number of H-pyrrole nitrogens is 1. The second kappa shape index (κ2) is 8.11. The van der Waals surface area contributed by atoms with Gasteiger partial charge in [-0.25, -0.2) is 4.98 Å². The van der Waals surface area contributed by atoms with E-state index in [1.807, 2.05) is 0 Å². The Balaban J connectivity index is 1.38. The summed E-state index contributed by atoms with van der Waals surface area (Å²) in [7, 11) is 1.74. The summed E-state index contributed by atoms with van der Waals surface area (Å²) < 4.78 is 5.39. The van der Waals surface area contributed by atoms with E-state index in [0.29, 0.717) is 18.0 Å². The van der Waals surface area contributed by atoms with Crippen LogP contribution in [0.25, 0.3) is 0 Å². The molecule has 1 aromatic carbocycles. The number of aromatic nitrogens is 2. The van der Waals surface area contributed by atoms with Gasteiger partial charge >= 0.3 is 0 Å². The zero-order valence-corrected chi connectivity index (χ0v) is 17.8. The fraction of sp³-hybridized carbons (Fsp3) is 0.625. The molecule has 1 aromatic heterocycles. The topological polar surface area (TPSA) is 44.4 Å². The Morgan fingerprint density at radius 1 is 1.14 bits per heavy atom. The van der Waals surface area contributed by atoms with Gasteiger partial charge in [0.25, 0.3) is 0 Å². The Morgan fingerprint density at radius 2 is 1.93 bits per heavy atom. The van der Waals surface area contributed by atoms with Crippen molar-refractivity contribution in [2.75, 3.05) is 26.7 Å². The minimum Gasteiger partial charge on any atom is -0.497 e. The molecule has 4 aliphatic heterocycles. The van der Waals surface area contributed by atoms with Gasteiger partial charge in [-0.2, -0.15) is 0 Å². The van der Waals surface area contributed by atoms with E-state index in [1.165, 1.54) is 50.0 Å². The summed E-state index contributed by atoms with van der Waals surface area (Å²) in [5, 5.41) is 0. The van der Waals surface area contributed by atoms with Gasteiger partial charge in [-0.3, -0.25) is 9.80 Å². The van der Waals surface area contributed by atoms with Crippen LogP contribution < -0.4 is 4.74 Å². The minimum atomic E-state index is 0.580. The quantitative estimate of drug-likeness (QED) is 0.775. The predicted octanol–water partition coefficient (Wildman–Crippen LogP) is 3.82. The third-order valence-electron chi connectivity index (χ3n) is 7.46. The van der Waals surface area contributed by atoms with Crippen molar-refractivity contribution in [1.29, 1.82) is 0 Å². The van der Waals surface area contributed by atoms with E-state index in [2.05, 4.69) is 57.2 Å². The molecule has 0 amide bonds. The molecular formula is C24H34N4O. The fourth-order valence-electron chi connectivity index (χ4n) is 6.04. The van der Waals surface area contributed by atoms with Gasteiger partial charge in [-0.1, -0.05) is 25.5 Å². The molecule has 29 heavy (non-hydrogen) atoms. The summed E-state index contributed by atoms with van der Waals surface area (Å²) in [6.07, 6.45) is 8.27. The van der Waals surface area contributed by atoms with Crippen LogP contribution in [0, 0.1) is 5.92 Å². The second-order valence-corrected chi connectivity index (χ2v) is 9.12. The Labute approximate surface area is 174 Å². The van der Waals surface area contributed by atoms with E-state index < -0.39 is 0 Å². The highest BCUT2D eigenvalue weighted by Gasteiger charge is 2.53. The SMILES string of the molecule is CCCCc1ncc(CN2C[C@H](c3ccc(OC)cc3)[C@H]3[C@@H]2C2CCN3CC2)[nH]1. The number of rotatable bonds is 7. The van der Waals surface area contributed by atoms with Crippen LogP contribution in [0.5, 0.6) is 5.75 Å². The fourth-order valence-corrected chi connectivity index (χ4v) is 6.04. The number of methoxy groups -OCH3 is 1. The highest BCUT2D eigenvalue weighted by molar-refractivity contribution is 5.33. The number of piperidine rings is 3. The van der Waals surface area contributed by atoms with Crippen LogP contribution >= 0.6 is 0 Å². The summed E-state index contributed by atoms with van der Waals surface area (Å²) in [6.45, 7) is 6.92. The van der Waals surface area contributed by atoms with Crippen molar-refractivity contribution in [3.8, 4) is 5.75 Å². The third kappa shape index (κ3) is 3.59. The van der Waals surface area contributed by atoms with E-state index in [-0.39, 0.29) is 0 Å². The van der Waals surface area contributed by atoms with E-state index in [4.69, 9.17) is 4.74 Å². The van der Waals surface area contributed by atoms with Crippen LogP contribution in [0.1, 0.15) is 55.6 Å². The summed E-state index contributed by atoms with van der Waals surface area (Å²) in [5.41, 5.74) is 2.74. The van der Waals surface area contributed by atoms with Gasteiger partial charge in [-0.05, 0) is 56.0 Å². The average Bonchev–Trinajstić information content (AvgIpc) is 3.39. The van der Waals surface area contributed by atoms with Crippen molar-refractivity contribution in [3.05, 3.63) is 47.5 Å². The first-order chi connectivity index (χ1) is 14.3. The smallest absolute Gasteiger partial charge is 0.118 e. The second-order valence-electron chi connectivity index (χ2n) is 9.12. The van der Waals surface area contributed by atoms with Crippen molar-refractivity contribution in [1.82, 2.24) is 19.8 Å². The Kier molecular flexibility index (Phi) is 5.35. The van der Waals surface area contributed by atoms with Crippen LogP contribution in [0.2, 0.25) is 0 Å². The first-order valence-corrected chi connectivity index (χ1v) is 11.4. The van der Waals surface area contributed by atoms with Crippen molar-refractivity contribution >= 4 is 0 Å². The van der Waals surface area contributed by atoms with E-state index >= 15 is 0 Å². The molecule has 0 saturated carbocycles. The number of fused-ring (bicyclic) bond motifs is 2. The molecule has 0 unspecified atom stereocenters. The molecule has 5 heterocycles. The Bertz CT molecular complexity index is 809. The van der Waals surface area contributed by atoms with Crippen molar-refractivity contribution in [3.63, 3.8) is 0 Å². The highest BCUT2D eigenvalue weighted by atomic mass is 16.5. The molecular weight excluding hydrogens is 360 g/mol. The van der Waals surface area contributed by atoms with Crippen molar-refractivity contribution in [2.45, 2.75) is 63.6 Å². The lowest BCUT2D eigenvalue weighted by atomic mass is 9.75. The van der Waals surface area contributed by atoms with Gasteiger partial charge in [0.2, 0.25) is 0 Å². The zero-order valence-electron chi connectivity index (χ0n) is 17.8. The number of benzene rings is 1. The number of aryl methyl sites for hydroxylation is 1. The molecule has 4 saturated heterocycles. The molecule has 2 bridgehead atoms. The lowest BCUT2D eigenvalue weighted by molar-refractivity contribution is -0.00896. The molecule has 1 N–H and O–H groups in total. The van der Waals surface area contributed by atoms with Crippen LogP contribution in [-0.4, -0.2) is 58.6 Å². The van der Waals surface area contributed by atoms with E-state index in [1.54, 1.807) is 7.11 Å². The number of hydrogen-bond acceptors (Lipinski definition) is 4. The largest absolute Gasteiger partial charge is 0.497 e. The van der Waals surface area contributed by atoms with Crippen molar-refractivity contribution in [2.24, 2.45) is 5.92 Å². The first kappa shape index (κ1) is 19.1. The third-order valence-corrected chi connectivity index (χ3v) is 7.46. The number of aromatic amines is 1. The normalized spacial score (nSPS) is 31.2. The maximum atomic E-state index is 5.39. The number of ether oxygens (including phenoxy) is 1. The molecule has 0 aliphatic carbocycles. The van der Waals surface area contributed by atoms with Crippen molar-refractivity contribution < 1.29 is 4.74 Å². The molecule has 6 rings (SSSR count). The molecule has 5 nitrogen and oxygen atoms in total. The lowest BCUT2D eigenvalue weighted by Gasteiger charge is -2.51. The summed E-state index contributed by atoms with van der Waals surface area (Å²) in [6, 6.07) is 10.1. The Hall–Kier alpha value is -1.85. The maximum Gasteiger partial charge on any atom is 0.118 e. The predicted molar refractivity (Wildman–Crippen MR) is 115 cm³/mol. The zero-order chi connectivity index (χ0) is 19.8. The Morgan fingerprint density at radius 3 is 2.66 bits per heavy atom. The first-order valence-electron chi connectivity index (χ1n) is 11.4. The number of nitrogens with one attached hydrogen (secondary N) is 1. The van der Waals surface area contributed by atoms with Gasteiger partial charge in [0.15, 0.2) is 0 Å². The van der Waals surface area contributed by atoms with Crippen LogP contribution in [0.3, 0.4) is 0 Å². The van der Waals surface area contributed by atoms with Gasteiger partial charge in [0.05, 0.1) is 7.11 Å². The molecule has 4 fully saturated rings. The number of unbranched alkanes of at least 4 members (excludes halogenated alkanes) is 1. The molecule has 4 aliphatic rings. The monoisotopic (exact) mass is 394 g/mol. The summed E-state index contributed by atoms with van der Waals surface area (Å²) in [4.78, 5) is 13.8. The molecule has 2 aromatic rings. The highest BCUT2D eigenvalue weighted by Crippen LogP contribution is 2.47. The average molecular weight is 395 g/mol. The number of likely N-dealkylation sites (tertiary alicyclic amines) is 1. The van der Waals surface area contributed by atoms with Gasteiger partial charge in [-0.15, -0.1) is 0 Å². The molecule has 0 spiro atoms. The molecule has 156 valence electrons. The van der Waals surface area contributed by atoms with Gasteiger partial charge in [0, 0.05) is 49.4 Å². The maximum absolute atomic E-state index is 5.39. The molecule has 3 atom stereocenters. The number of nitrogens with zero attached hydrogens (tertiary/aromatic N) is 3. The van der Waals surface area contributed by atoms with Gasteiger partial charge < -0.3 is 9.72 Å². The number of imidazole rings is 1. The van der Waals surface area contributed by atoms with E-state index in [9.17, 15) is 0 Å². The molecule has 0 radical (unpaired) electrons.